The average molecular weight is 540 g/mol. The molecule has 0 aliphatic rings. The second kappa shape index (κ2) is 10.1. The van der Waals surface area contributed by atoms with E-state index in [-0.39, 0.29) is 11.5 Å². The highest BCUT2D eigenvalue weighted by Gasteiger charge is 2.06. The van der Waals surface area contributed by atoms with E-state index in [0.29, 0.717) is 7.14 Å². The summed E-state index contributed by atoms with van der Waals surface area (Å²) in [6.45, 7) is -5.49. The average Bonchev–Trinajstić information content (AvgIpc) is 2.44. The molecule has 8 heteroatoms. The van der Waals surface area contributed by atoms with Crippen molar-refractivity contribution in [3.63, 3.8) is 0 Å². The van der Waals surface area contributed by atoms with E-state index in [1.165, 1.54) is 12.1 Å². The Balaban J connectivity index is 0.000000220. The van der Waals surface area contributed by atoms with E-state index in [4.69, 9.17) is 0 Å². The zero-order chi connectivity index (χ0) is 16.5. The van der Waals surface area contributed by atoms with Crippen molar-refractivity contribution >= 4 is 45.2 Å². The minimum Gasteiger partial charge on any atom is -0.434 e. The van der Waals surface area contributed by atoms with Crippen molar-refractivity contribution in [1.29, 1.82) is 0 Å². The summed E-state index contributed by atoms with van der Waals surface area (Å²) >= 11 is 3.87. The molecule has 2 rings (SSSR count). The second-order valence-electron chi connectivity index (χ2n) is 3.62. The van der Waals surface area contributed by atoms with Crippen LogP contribution in [0.4, 0.5) is 17.6 Å². The Kier molecular flexibility index (Phi) is 8.83. The second-order valence-corrected chi connectivity index (χ2v) is 5.94. The van der Waals surface area contributed by atoms with Crippen LogP contribution in [0.15, 0.2) is 48.5 Å². The van der Waals surface area contributed by atoms with Gasteiger partial charge in [-0.1, -0.05) is 24.3 Å². The van der Waals surface area contributed by atoms with Gasteiger partial charge < -0.3 is 9.47 Å². The maximum atomic E-state index is 11.7. The highest BCUT2D eigenvalue weighted by Crippen LogP contribution is 2.22. The number of rotatable bonds is 4. The van der Waals surface area contributed by atoms with Crippen LogP contribution in [0.1, 0.15) is 0 Å². The topological polar surface area (TPSA) is 18.5 Å². The fraction of sp³-hybridized carbons (Fsp3) is 0.143. The highest BCUT2D eigenvalue weighted by atomic mass is 127. The van der Waals surface area contributed by atoms with Crippen molar-refractivity contribution in [2.45, 2.75) is 13.2 Å². The van der Waals surface area contributed by atoms with Crippen molar-refractivity contribution in [2.75, 3.05) is 0 Å². The van der Waals surface area contributed by atoms with Crippen molar-refractivity contribution < 1.29 is 27.0 Å². The van der Waals surface area contributed by atoms with E-state index in [0.717, 1.165) is 0 Å². The normalized spacial score (nSPS) is 10.2. The molecule has 0 aliphatic heterocycles. The zero-order valence-corrected chi connectivity index (χ0v) is 15.2. The molecule has 2 nitrogen and oxygen atoms in total. The molecule has 0 radical (unpaired) electrons. The van der Waals surface area contributed by atoms with Gasteiger partial charge in [-0.05, 0) is 69.4 Å². The Morgan fingerprint density at radius 3 is 1.23 bits per heavy atom. The Hall–Kier alpha value is -0.780. The van der Waals surface area contributed by atoms with Crippen LogP contribution < -0.4 is 9.47 Å². The fourth-order valence-corrected chi connectivity index (χ4v) is 2.30. The molecule has 0 N–H and O–H groups in total. The molecule has 0 atom stereocenters. The summed E-state index contributed by atoms with van der Waals surface area (Å²) in [6, 6.07) is 13.3. The summed E-state index contributed by atoms with van der Waals surface area (Å²) in [5.41, 5.74) is 0. The molecule has 0 saturated carbocycles. The SMILES string of the molecule is FC(F)Oc1ccccc1I.FC(F)Oc1ccccc1I. The number of hydrogen-bond donors (Lipinski definition) is 0. The third-order valence-corrected chi connectivity index (χ3v) is 3.89. The first-order valence-corrected chi connectivity index (χ1v) is 7.94. The summed E-state index contributed by atoms with van der Waals surface area (Å²) in [6.07, 6.45) is 0. The van der Waals surface area contributed by atoms with E-state index >= 15 is 0 Å². The lowest BCUT2D eigenvalue weighted by Gasteiger charge is -2.04. The van der Waals surface area contributed by atoms with E-state index in [9.17, 15) is 17.6 Å². The lowest BCUT2D eigenvalue weighted by molar-refractivity contribution is -0.0511. The highest BCUT2D eigenvalue weighted by molar-refractivity contribution is 14.1. The van der Waals surface area contributed by atoms with Crippen LogP contribution >= 0.6 is 45.2 Å². The van der Waals surface area contributed by atoms with Gasteiger partial charge in [0.05, 0.1) is 7.14 Å². The number of alkyl halides is 4. The first kappa shape index (κ1) is 19.3. The van der Waals surface area contributed by atoms with Gasteiger partial charge in [-0.3, -0.25) is 0 Å². The molecule has 120 valence electrons. The van der Waals surface area contributed by atoms with Crippen LogP contribution in [0.5, 0.6) is 11.5 Å². The van der Waals surface area contributed by atoms with Gasteiger partial charge in [-0.25, -0.2) is 0 Å². The van der Waals surface area contributed by atoms with Gasteiger partial charge in [0, 0.05) is 0 Å². The lowest BCUT2D eigenvalue weighted by atomic mass is 10.3. The van der Waals surface area contributed by atoms with E-state index in [1.54, 1.807) is 36.4 Å². The van der Waals surface area contributed by atoms with Gasteiger partial charge in [0.2, 0.25) is 0 Å². The zero-order valence-electron chi connectivity index (χ0n) is 10.9. The summed E-state index contributed by atoms with van der Waals surface area (Å²) in [4.78, 5) is 0. The quantitative estimate of drug-likeness (QED) is 0.362. The van der Waals surface area contributed by atoms with Gasteiger partial charge in [-0.2, -0.15) is 17.6 Å². The Labute approximate surface area is 152 Å². The van der Waals surface area contributed by atoms with Gasteiger partial charge in [0.25, 0.3) is 0 Å². The molecular weight excluding hydrogens is 530 g/mol. The predicted octanol–water partition coefficient (Wildman–Crippen LogP) is 5.79. The molecule has 0 spiro atoms. The standard InChI is InChI=1S/2C7H5F2IO/c2*8-7(9)11-6-4-2-1-3-5(6)10/h2*1-4,7H. The molecule has 0 aliphatic carbocycles. The Morgan fingerprint density at radius 1 is 0.636 bits per heavy atom. The summed E-state index contributed by atoms with van der Waals surface area (Å²) in [5.74, 6) is 0.450. The number of halogens is 6. The number of para-hydroxylation sites is 2. The minimum atomic E-state index is -2.74. The smallest absolute Gasteiger partial charge is 0.387 e. The van der Waals surface area contributed by atoms with Gasteiger partial charge >= 0.3 is 13.2 Å². The van der Waals surface area contributed by atoms with Crippen LogP contribution in [0, 0.1) is 7.14 Å². The summed E-state index contributed by atoms with van der Waals surface area (Å²) < 4.78 is 56.5. The molecule has 0 unspecified atom stereocenters. The molecule has 2 aromatic rings. The molecule has 0 heterocycles. The molecule has 0 saturated heterocycles. The third kappa shape index (κ3) is 7.47. The van der Waals surface area contributed by atoms with E-state index < -0.39 is 13.2 Å². The molecular formula is C14H10F4I2O2. The van der Waals surface area contributed by atoms with Crippen molar-refractivity contribution in [2.24, 2.45) is 0 Å². The maximum Gasteiger partial charge on any atom is 0.387 e. The predicted molar refractivity (Wildman–Crippen MR) is 91.6 cm³/mol. The molecule has 0 amide bonds. The molecule has 0 aromatic heterocycles. The lowest BCUT2D eigenvalue weighted by Crippen LogP contribution is -2.02. The van der Waals surface area contributed by atoms with Gasteiger partial charge in [0.15, 0.2) is 0 Å². The summed E-state index contributed by atoms with van der Waals surface area (Å²) in [5, 5.41) is 0. The van der Waals surface area contributed by atoms with Crippen LogP contribution in [0.3, 0.4) is 0 Å². The Morgan fingerprint density at radius 2 is 0.955 bits per heavy atom. The largest absolute Gasteiger partial charge is 0.434 e. The monoisotopic (exact) mass is 540 g/mol. The molecule has 0 bridgehead atoms. The first-order chi connectivity index (χ1) is 10.4. The fourth-order valence-electron chi connectivity index (χ4n) is 1.27. The van der Waals surface area contributed by atoms with Crippen LogP contribution in [-0.2, 0) is 0 Å². The summed E-state index contributed by atoms with van der Waals surface area (Å²) in [7, 11) is 0. The van der Waals surface area contributed by atoms with Gasteiger partial charge in [-0.15, -0.1) is 0 Å². The van der Waals surface area contributed by atoms with Gasteiger partial charge in [0.1, 0.15) is 11.5 Å². The van der Waals surface area contributed by atoms with Crippen LogP contribution in [0.25, 0.3) is 0 Å². The van der Waals surface area contributed by atoms with Crippen LogP contribution in [0.2, 0.25) is 0 Å². The van der Waals surface area contributed by atoms with E-state index in [2.05, 4.69) is 9.47 Å². The minimum absolute atomic E-state index is 0.225. The van der Waals surface area contributed by atoms with Crippen molar-refractivity contribution in [3.8, 4) is 11.5 Å². The third-order valence-electron chi connectivity index (χ3n) is 2.11. The first-order valence-electron chi connectivity index (χ1n) is 5.79. The maximum absolute atomic E-state index is 11.7. The number of hydrogen-bond acceptors (Lipinski definition) is 2. The van der Waals surface area contributed by atoms with Crippen molar-refractivity contribution in [1.82, 2.24) is 0 Å². The van der Waals surface area contributed by atoms with Crippen molar-refractivity contribution in [3.05, 3.63) is 55.7 Å². The number of ether oxygens (including phenoxy) is 2. The number of benzene rings is 2. The molecule has 22 heavy (non-hydrogen) atoms. The van der Waals surface area contributed by atoms with E-state index in [1.807, 2.05) is 45.2 Å². The Bertz CT molecular complexity index is 531. The molecule has 0 fully saturated rings. The van der Waals surface area contributed by atoms with Crippen LogP contribution in [-0.4, -0.2) is 13.2 Å². The molecule has 2 aromatic carbocycles.